The fourth-order valence-corrected chi connectivity index (χ4v) is 1.50. The fraction of sp³-hybridized carbons (Fsp3) is 0.417. The van der Waals surface area contributed by atoms with Crippen molar-refractivity contribution < 1.29 is 18.3 Å². The Labute approximate surface area is 110 Å². The molecule has 0 saturated heterocycles. The monoisotopic (exact) mass is 273 g/mol. The number of carbonyl (C=O) groups excluding carboxylic acids is 1. The first-order chi connectivity index (χ1) is 8.93. The maximum atomic E-state index is 13.3. The Balaban J connectivity index is 2.58. The number of nitrogens with two attached hydrogens (primary N) is 1. The van der Waals surface area contributed by atoms with Gasteiger partial charge in [-0.3, -0.25) is 0 Å². The molecule has 0 heterocycles. The van der Waals surface area contributed by atoms with Gasteiger partial charge in [-0.1, -0.05) is 0 Å². The molecule has 0 aromatic heterocycles. The van der Waals surface area contributed by atoms with Gasteiger partial charge in [0.1, 0.15) is 11.6 Å². The van der Waals surface area contributed by atoms with Gasteiger partial charge in [0.15, 0.2) is 0 Å². The van der Waals surface area contributed by atoms with Gasteiger partial charge in [0.05, 0.1) is 12.3 Å². The number of nitrogens with zero attached hydrogens (tertiary/aromatic N) is 1. The minimum atomic E-state index is -0.831. The number of carbonyl (C=O) groups is 1. The quantitative estimate of drug-likeness (QED) is 0.852. The Morgan fingerprint density at radius 2 is 2.21 bits per heavy atom. The average Bonchev–Trinajstić information content (AvgIpc) is 2.32. The van der Waals surface area contributed by atoms with Crippen LogP contribution >= 0.6 is 0 Å². The first kappa shape index (κ1) is 15.3. The van der Waals surface area contributed by atoms with E-state index in [0.29, 0.717) is 12.7 Å². The molecule has 1 aromatic carbocycles. The van der Waals surface area contributed by atoms with Crippen LogP contribution in [0.1, 0.15) is 0 Å². The number of urea groups is 1. The lowest BCUT2D eigenvalue weighted by Crippen LogP contribution is -2.42. The zero-order valence-corrected chi connectivity index (χ0v) is 10.8. The molecule has 0 fully saturated rings. The lowest BCUT2D eigenvalue weighted by atomic mass is 10.3. The number of benzene rings is 1. The van der Waals surface area contributed by atoms with E-state index in [1.807, 2.05) is 0 Å². The van der Waals surface area contributed by atoms with Gasteiger partial charge < -0.3 is 20.7 Å². The summed E-state index contributed by atoms with van der Waals surface area (Å²) in [6, 6.07) is 2.06. The summed E-state index contributed by atoms with van der Waals surface area (Å²) in [7, 11) is 3.03. The van der Waals surface area contributed by atoms with Gasteiger partial charge in [0.2, 0.25) is 0 Å². The van der Waals surface area contributed by atoms with Crippen LogP contribution in [0.3, 0.4) is 0 Å². The molecular weight excluding hydrogens is 256 g/mol. The summed E-state index contributed by atoms with van der Waals surface area (Å²) in [5.41, 5.74) is 5.61. The second-order valence-electron chi connectivity index (χ2n) is 4.15. The molecule has 19 heavy (non-hydrogen) atoms. The van der Waals surface area contributed by atoms with Gasteiger partial charge in [-0.2, -0.15) is 0 Å². The molecule has 0 aliphatic heterocycles. The zero-order chi connectivity index (χ0) is 14.4. The highest BCUT2D eigenvalue weighted by atomic mass is 19.1. The molecule has 5 nitrogen and oxygen atoms in total. The number of nitrogens with one attached hydrogen (secondary N) is 1. The summed E-state index contributed by atoms with van der Waals surface area (Å²) in [4.78, 5) is 13.0. The predicted molar refractivity (Wildman–Crippen MR) is 67.9 cm³/mol. The molecule has 0 spiro atoms. The number of ether oxygens (including phenoxy) is 1. The van der Waals surface area contributed by atoms with Gasteiger partial charge >= 0.3 is 6.03 Å². The maximum absolute atomic E-state index is 13.3. The highest BCUT2D eigenvalue weighted by Gasteiger charge is 2.14. The standard InChI is InChI=1S/C12H17F2N3O2/c1-17(6-9(15)7-19-2)12(18)16-11-4-3-8(13)5-10(11)14/h3-5,9H,6-7,15H2,1-2H3,(H,16,18). The first-order valence-electron chi connectivity index (χ1n) is 5.65. The third-order valence-corrected chi connectivity index (χ3v) is 2.41. The van der Waals surface area contributed by atoms with E-state index in [2.05, 4.69) is 5.32 Å². The molecule has 0 radical (unpaired) electrons. The van der Waals surface area contributed by atoms with E-state index < -0.39 is 17.7 Å². The lowest BCUT2D eigenvalue weighted by molar-refractivity contribution is 0.164. The number of rotatable bonds is 5. The lowest BCUT2D eigenvalue weighted by Gasteiger charge is -2.21. The van der Waals surface area contributed by atoms with Crippen molar-refractivity contribution in [1.82, 2.24) is 4.90 Å². The maximum Gasteiger partial charge on any atom is 0.321 e. The van der Waals surface area contributed by atoms with Crippen LogP contribution in [0.5, 0.6) is 0 Å². The molecule has 0 bridgehead atoms. The minimum absolute atomic E-state index is 0.0847. The van der Waals surface area contributed by atoms with Crippen LogP contribution in [0.4, 0.5) is 19.3 Å². The van der Waals surface area contributed by atoms with Crippen LogP contribution in [0.2, 0.25) is 0 Å². The number of anilines is 1. The highest BCUT2D eigenvalue weighted by molar-refractivity contribution is 5.89. The van der Waals surface area contributed by atoms with Crippen molar-refractivity contribution in [2.24, 2.45) is 5.73 Å². The summed E-state index contributed by atoms with van der Waals surface area (Å²) in [5, 5.41) is 2.33. The van der Waals surface area contributed by atoms with Gasteiger partial charge in [0.25, 0.3) is 0 Å². The third kappa shape index (κ3) is 4.80. The Hall–Kier alpha value is -1.73. The molecule has 106 valence electrons. The van der Waals surface area contributed by atoms with Gasteiger partial charge in [-0.05, 0) is 12.1 Å². The van der Waals surface area contributed by atoms with Gasteiger partial charge in [0, 0.05) is 32.8 Å². The minimum Gasteiger partial charge on any atom is -0.383 e. The molecule has 0 aliphatic carbocycles. The molecule has 3 N–H and O–H groups in total. The molecule has 0 saturated carbocycles. The van der Waals surface area contributed by atoms with Crippen LogP contribution < -0.4 is 11.1 Å². The molecule has 1 aromatic rings. The molecule has 1 unspecified atom stereocenters. The predicted octanol–water partition coefficient (Wildman–Crippen LogP) is 1.40. The van der Waals surface area contributed by atoms with Crippen molar-refractivity contribution in [3.63, 3.8) is 0 Å². The normalized spacial score (nSPS) is 12.1. The van der Waals surface area contributed by atoms with E-state index >= 15 is 0 Å². The second kappa shape index (κ2) is 7.01. The molecular formula is C12H17F2N3O2. The molecule has 7 heteroatoms. The number of likely N-dealkylation sites (N-methyl/N-ethyl adjacent to an activating group) is 1. The van der Waals surface area contributed by atoms with Crippen molar-refractivity contribution in [3.8, 4) is 0 Å². The number of amides is 2. The Morgan fingerprint density at radius 1 is 1.53 bits per heavy atom. The number of methoxy groups -OCH3 is 1. The summed E-state index contributed by atoms with van der Waals surface area (Å²) < 4.78 is 30.9. The number of halogens is 2. The van der Waals surface area contributed by atoms with Crippen molar-refractivity contribution in [2.75, 3.05) is 32.6 Å². The Kier molecular flexibility index (Phi) is 5.65. The Morgan fingerprint density at radius 3 is 2.79 bits per heavy atom. The number of hydrogen-bond donors (Lipinski definition) is 2. The summed E-state index contributed by atoms with van der Waals surface area (Å²) >= 11 is 0. The third-order valence-electron chi connectivity index (χ3n) is 2.41. The van der Waals surface area contributed by atoms with E-state index in [1.54, 1.807) is 0 Å². The molecule has 1 rings (SSSR count). The molecule has 0 aliphatic rings. The van der Waals surface area contributed by atoms with E-state index in [4.69, 9.17) is 10.5 Å². The summed E-state index contributed by atoms with van der Waals surface area (Å²) in [6.07, 6.45) is 0. The first-order valence-corrected chi connectivity index (χ1v) is 5.65. The van der Waals surface area contributed by atoms with Crippen LogP contribution in [0.25, 0.3) is 0 Å². The number of hydrogen-bond acceptors (Lipinski definition) is 3. The second-order valence-corrected chi connectivity index (χ2v) is 4.15. The van der Waals surface area contributed by atoms with Crippen LogP contribution in [-0.2, 0) is 4.74 Å². The van der Waals surface area contributed by atoms with E-state index in [1.165, 1.54) is 19.1 Å². The molecule has 2 amide bonds. The van der Waals surface area contributed by atoms with E-state index in [9.17, 15) is 13.6 Å². The van der Waals surface area contributed by atoms with Crippen molar-refractivity contribution >= 4 is 11.7 Å². The highest BCUT2D eigenvalue weighted by Crippen LogP contribution is 2.15. The average molecular weight is 273 g/mol. The van der Waals surface area contributed by atoms with Crippen LogP contribution in [-0.4, -0.2) is 44.3 Å². The van der Waals surface area contributed by atoms with Crippen LogP contribution in [0.15, 0.2) is 18.2 Å². The summed E-state index contributed by atoms with van der Waals surface area (Å²) in [6.45, 7) is 0.561. The summed E-state index contributed by atoms with van der Waals surface area (Å²) in [5.74, 6) is -1.53. The largest absolute Gasteiger partial charge is 0.383 e. The molecule has 1 atom stereocenters. The Bertz CT molecular complexity index is 443. The SMILES string of the molecule is COCC(N)CN(C)C(=O)Nc1ccc(F)cc1F. The smallest absolute Gasteiger partial charge is 0.321 e. The van der Waals surface area contributed by atoms with Crippen molar-refractivity contribution in [3.05, 3.63) is 29.8 Å². The zero-order valence-electron chi connectivity index (χ0n) is 10.8. The topological polar surface area (TPSA) is 67.6 Å². The van der Waals surface area contributed by atoms with Crippen molar-refractivity contribution in [2.45, 2.75) is 6.04 Å². The fourth-order valence-electron chi connectivity index (χ4n) is 1.50. The van der Waals surface area contributed by atoms with E-state index in [0.717, 1.165) is 12.1 Å². The van der Waals surface area contributed by atoms with Crippen LogP contribution in [0, 0.1) is 11.6 Å². The van der Waals surface area contributed by atoms with Gasteiger partial charge in [-0.15, -0.1) is 0 Å². The van der Waals surface area contributed by atoms with E-state index in [-0.39, 0.29) is 18.3 Å². The van der Waals surface area contributed by atoms with Crippen molar-refractivity contribution in [1.29, 1.82) is 0 Å². The van der Waals surface area contributed by atoms with Gasteiger partial charge in [-0.25, -0.2) is 13.6 Å².